The molecule has 1 amide bonds. The van der Waals surface area contributed by atoms with E-state index < -0.39 is 0 Å². The molecule has 1 fully saturated rings. The molecular weight excluding hydrogens is 322 g/mol. The smallest absolute Gasteiger partial charge is 0.272 e. The molecule has 2 aromatic rings. The van der Waals surface area contributed by atoms with Crippen molar-refractivity contribution >= 4 is 11.6 Å². The highest BCUT2D eigenvalue weighted by Crippen LogP contribution is 2.11. The van der Waals surface area contributed by atoms with Gasteiger partial charge < -0.3 is 19.9 Å². The Hall–Kier alpha value is -2.74. The molecule has 0 aliphatic carbocycles. The first-order valence-corrected chi connectivity index (χ1v) is 8.25. The number of rotatable bonds is 5. The number of aromatic nitrogens is 3. The molecule has 8 nitrogen and oxygen atoms in total. The van der Waals surface area contributed by atoms with Gasteiger partial charge in [0, 0.05) is 49.7 Å². The van der Waals surface area contributed by atoms with Gasteiger partial charge in [0.1, 0.15) is 11.5 Å². The van der Waals surface area contributed by atoms with Crippen LogP contribution in [0.1, 0.15) is 22.0 Å². The van der Waals surface area contributed by atoms with Gasteiger partial charge in [0.05, 0.1) is 13.2 Å². The Bertz CT molecular complexity index is 799. The van der Waals surface area contributed by atoms with Crippen LogP contribution in [0.25, 0.3) is 0 Å². The van der Waals surface area contributed by atoms with Crippen LogP contribution < -0.4 is 10.9 Å². The number of H-pyrrole nitrogens is 1. The molecule has 3 heterocycles. The quantitative estimate of drug-likeness (QED) is 0.825. The number of amides is 1. The summed E-state index contributed by atoms with van der Waals surface area (Å²) in [6.45, 7) is 4.66. The third-order valence-corrected chi connectivity index (χ3v) is 3.90. The zero-order chi connectivity index (χ0) is 17.6. The summed E-state index contributed by atoms with van der Waals surface area (Å²) in [6.07, 6.45) is 2.23. The molecule has 1 aliphatic rings. The van der Waals surface area contributed by atoms with Gasteiger partial charge in [-0.2, -0.15) is 0 Å². The highest BCUT2D eigenvalue weighted by molar-refractivity contribution is 5.93. The number of aromatic amines is 1. The van der Waals surface area contributed by atoms with Gasteiger partial charge in [-0.3, -0.25) is 14.6 Å². The van der Waals surface area contributed by atoms with Gasteiger partial charge >= 0.3 is 0 Å². The third-order valence-electron chi connectivity index (χ3n) is 3.90. The molecule has 0 bridgehead atoms. The Labute approximate surface area is 145 Å². The predicted molar refractivity (Wildman–Crippen MR) is 92.7 cm³/mol. The second kappa shape index (κ2) is 7.89. The molecule has 0 saturated carbocycles. The molecule has 2 N–H and O–H groups in total. The second-order valence-electron chi connectivity index (χ2n) is 5.83. The summed E-state index contributed by atoms with van der Waals surface area (Å²) < 4.78 is 5.26. The first-order chi connectivity index (χ1) is 12.1. The lowest BCUT2D eigenvalue weighted by Gasteiger charge is -2.26. The van der Waals surface area contributed by atoms with Gasteiger partial charge in [-0.05, 0) is 19.1 Å². The Balaban J connectivity index is 1.59. The minimum Gasteiger partial charge on any atom is -0.385 e. The van der Waals surface area contributed by atoms with Crippen LogP contribution >= 0.6 is 0 Å². The molecule has 1 saturated heterocycles. The lowest BCUT2D eigenvalue weighted by atomic mass is 10.2. The van der Waals surface area contributed by atoms with E-state index >= 15 is 0 Å². The number of pyridine rings is 1. The number of anilines is 1. The van der Waals surface area contributed by atoms with Crippen molar-refractivity contribution in [1.29, 1.82) is 0 Å². The Morgan fingerprint density at radius 3 is 2.92 bits per heavy atom. The van der Waals surface area contributed by atoms with Crippen LogP contribution in [-0.2, 0) is 11.2 Å². The van der Waals surface area contributed by atoms with Crippen LogP contribution in [0.3, 0.4) is 0 Å². The Kier molecular flexibility index (Phi) is 5.39. The molecule has 0 aromatic carbocycles. The molecular formula is C17H21N5O3. The highest BCUT2D eigenvalue weighted by atomic mass is 16.5. The summed E-state index contributed by atoms with van der Waals surface area (Å²) in [6, 6.07) is 5.05. The highest BCUT2D eigenvalue weighted by Gasteiger charge is 2.19. The average Bonchev–Trinajstić information content (AvgIpc) is 2.61. The minimum atomic E-state index is -0.148. The van der Waals surface area contributed by atoms with Crippen LogP contribution in [-0.4, -0.2) is 58.6 Å². The minimum absolute atomic E-state index is 0.0844. The molecule has 1 aliphatic heterocycles. The van der Waals surface area contributed by atoms with E-state index in [1.54, 1.807) is 24.1 Å². The Morgan fingerprint density at radius 2 is 2.16 bits per heavy atom. The molecule has 3 rings (SSSR count). The van der Waals surface area contributed by atoms with E-state index in [1.165, 1.54) is 6.07 Å². The van der Waals surface area contributed by atoms with Crippen molar-refractivity contribution < 1.29 is 9.53 Å². The summed E-state index contributed by atoms with van der Waals surface area (Å²) in [5, 5.41) is 3.24. The molecule has 0 spiro atoms. The number of carbonyl (C=O) groups excluding carboxylic acids is 1. The van der Waals surface area contributed by atoms with Crippen molar-refractivity contribution in [3.8, 4) is 0 Å². The number of hydrogen-bond acceptors (Lipinski definition) is 6. The van der Waals surface area contributed by atoms with Crippen molar-refractivity contribution in [2.75, 3.05) is 38.2 Å². The SMILES string of the molecule is Cc1nc(CCNc2ccnc(C(=O)N3CCOCC3)c2)cc(=O)[nH]1. The van der Waals surface area contributed by atoms with Gasteiger partial charge in [0.25, 0.3) is 11.5 Å². The number of hydrogen-bond donors (Lipinski definition) is 2. The number of aryl methyl sites for hydroxylation is 1. The largest absolute Gasteiger partial charge is 0.385 e. The van der Waals surface area contributed by atoms with Crippen molar-refractivity contribution in [3.05, 3.63) is 52.0 Å². The van der Waals surface area contributed by atoms with E-state index in [9.17, 15) is 9.59 Å². The van der Waals surface area contributed by atoms with Gasteiger partial charge in [0.15, 0.2) is 0 Å². The van der Waals surface area contributed by atoms with E-state index in [0.717, 1.165) is 11.4 Å². The zero-order valence-corrected chi connectivity index (χ0v) is 14.1. The molecule has 132 valence electrons. The van der Waals surface area contributed by atoms with E-state index in [0.29, 0.717) is 50.8 Å². The monoisotopic (exact) mass is 343 g/mol. The number of nitrogens with zero attached hydrogens (tertiary/aromatic N) is 3. The first kappa shape index (κ1) is 17.1. The predicted octanol–water partition coefficient (Wildman–Crippen LogP) is 0.600. The van der Waals surface area contributed by atoms with Crippen LogP contribution in [0.2, 0.25) is 0 Å². The maximum atomic E-state index is 12.5. The van der Waals surface area contributed by atoms with E-state index in [4.69, 9.17) is 4.74 Å². The number of ether oxygens (including phenoxy) is 1. The summed E-state index contributed by atoms with van der Waals surface area (Å²) in [4.78, 5) is 36.7. The lowest BCUT2D eigenvalue weighted by molar-refractivity contribution is 0.0299. The fourth-order valence-corrected chi connectivity index (χ4v) is 2.69. The zero-order valence-electron chi connectivity index (χ0n) is 14.1. The van der Waals surface area contributed by atoms with Crippen LogP contribution in [0.15, 0.2) is 29.2 Å². The molecule has 8 heteroatoms. The maximum Gasteiger partial charge on any atom is 0.272 e. The van der Waals surface area contributed by atoms with Crippen LogP contribution in [0.4, 0.5) is 5.69 Å². The summed E-state index contributed by atoms with van der Waals surface area (Å²) >= 11 is 0. The topological polar surface area (TPSA) is 100 Å². The maximum absolute atomic E-state index is 12.5. The normalized spacial score (nSPS) is 14.4. The standard InChI is InChI=1S/C17H21N5O3/c1-12-20-14(11-16(23)21-12)3-4-18-13-2-5-19-15(10-13)17(24)22-6-8-25-9-7-22/h2,5,10-11H,3-4,6-9H2,1H3,(H,18,19)(H,20,21,23). The number of carbonyl (C=O) groups is 1. The third kappa shape index (κ3) is 4.63. The first-order valence-electron chi connectivity index (χ1n) is 8.25. The molecule has 0 unspecified atom stereocenters. The van der Waals surface area contributed by atoms with Crippen molar-refractivity contribution in [3.63, 3.8) is 0 Å². The van der Waals surface area contributed by atoms with Crippen molar-refractivity contribution in [2.24, 2.45) is 0 Å². The van der Waals surface area contributed by atoms with Gasteiger partial charge in [-0.15, -0.1) is 0 Å². The van der Waals surface area contributed by atoms with Gasteiger partial charge in [-0.1, -0.05) is 0 Å². The fraction of sp³-hybridized carbons (Fsp3) is 0.412. The van der Waals surface area contributed by atoms with E-state index in [1.807, 2.05) is 6.07 Å². The second-order valence-corrected chi connectivity index (χ2v) is 5.83. The molecule has 0 radical (unpaired) electrons. The molecule has 0 atom stereocenters. The van der Waals surface area contributed by atoms with Crippen LogP contribution in [0, 0.1) is 6.92 Å². The summed E-state index contributed by atoms with van der Waals surface area (Å²) in [5.41, 5.74) is 1.81. The van der Waals surface area contributed by atoms with Gasteiger partial charge in [-0.25, -0.2) is 4.98 Å². The number of nitrogens with one attached hydrogen (secondary N) is 2. The Morgan fingerprint density at radius 1 is 1.36 bits per heavy atom. The summed E-state index contributed by atoms with van der Waals surface area (Å²) in [7, 11) is 0. The van der Waals surface area contributed by atoms with Gasteiger partial charge in [0.2, 0.25) is 0 Å². The van der Waals surface area contributed by atoms with Crippen LogP contribution in [0.5, 0.6) is 0 Å². The average molecular weight is 343 g/mol. The van der Waals surface area contributed by atoms with E-state index in [2.05, 4.69) is 20.3 Å². The van der Waals surface area contributed by atoms with E-state index in [-0.39, 0.29) is 11.5 Å². The van der Waals surface area contributed by atoms with Crippen molar-refractivity contribution in [2.45, 2.75) is 13.3 Å². The fourth-order valence-electron chi connectivity index (χ4n) is 2.69. The molecule has 2 aromatic heterocycles. The van der Waals surface area contributed by atoms with Crippen molar-refractivity contribution in [1.82, 2.24) is 19.9 Å². The number of morpholine rings is 1. The lowest BCUT2D eigenvalue weighted by Crippen LogP contribution is -2.41. The molecule has 25 heavy (non-hydrogen) atoms. The summed E-state index contributed by atoms with van der Waals surface area (Å²) in [5.74, 6) is 0.517.